The lowest BCUT2D eigenvalue weighted by atomic mass is 9.97. The van der Waals surface area contributed by atoms with E-state index in [1.807, 2.05) is 0 Å². The van der Waals surface area contributed by atoms with Gasteiger partial charge in [-0.25, -0.2) is 0 Å². The zero-order valence-corrected chi connectivity index (χ0v) is 13.6. The van der Waals surface area contributed by atoms with Gasteiger partial charge in [0.25, 0.3) is 0 Å². The molecule has 22 heavy (non-hydrogen) atoms. The highest BCUT2D eigenvalue weighted by Crippen LogP contribution is 2.17. The van der Waals surface area contributed by atoms with Gasteiger partial charge in [-0.1, -0.05) is 0 Å². The molecule has 7 nitrogen and oxygen atoms in total. The Morgan fingerprint density at radius 3 is 2.55 bits per heavy atom. The third-order valence-corrected chi connectivity index (χ3v) is 4.11. The van der Waals surface area contributed by atoms with Gasteiger partial charge in [0.05, 0.1) is 5.92 Å². The topological polar surface area (TPSA) is 95.7 Å². The molecule has 2 rings (SSSR count). The van der Waals surface area contributed by atoms with Crippen molar-refractivity contribution >= 4 is 30.1 Å². The van der Waals surface area contributed by atoms with E-state index in [0.29, 0.717) is 45.6 Å². The Balaban J connectivity index is 0.00000242. The van der Waals surface area contributed by atoms with Crippen LogP contribution in [0, 0.1) is 5.92 Å². The molecule has 1 atom stereocenters. The number of imide groups is 1. The van der Waals surface area contributed by atoms with Gasteiger partial charge in [0.2, 0.25) is 17.7 Å². The molecule has 0 radical (unpaired) electrons. The van der Waals surface area contributed by atoms with E-state index in [9.17, 15) is 14.4 Å². The number of rotatable bonds is 6. The van der Waals surface area contributed by atoms with E-state index in [1.165, 1.54) is 4.90 Å². The summed E-state index contributed by atoms with van der Waals surface area (Å²) in [6, 6.07) is 0. The van der Waals surface area contributed by atoms with E-state index in [-0.39, 0.29) is 36.0 Å². The van der Waals surface area contributed by atoms with E-state index in [2.05, 4.69) is 10.2 Å². The van der Waals surface area contributed by atoms with Gasteiger partial charge >= 0.3 is 0 Å². The number of amides is 3. The third kappa shape index (κ3) is 4.93. The maximum atomic E-state index is 12.0. The lowest BCUT2D eigenvalue weighted by Crippen LogP contribution is -2.46. The SMILES string of the molecule is Cl.NCCNC(=O)C1CCCN(CCN2C(=O)CCC2=O)C1. The molecule has 2 saturated heterocycles. The fraction of sp³-hybridized carbons (Fsp3) is 0.786. The van der Waals surface area contributed by atoms with Crippen molar-refractivity contribution in [2.75, 3.05) is 39.3 Å². The Labute approximate surface area is 137 Å². The first-order valence-corrected chi connectivity index (χ1v) is 7.65. The fourth-order valence-electron chi connectivity index (χ4n) is 2.93. The average molecular weight is 333 g/mol. The number of nitrogens with zero attached hydrogens (tertiary/aromatic N) is 2. The molecule has 2 aliphatic heterocycles. The summed E-state index contributed by atoms with van der Waals surface area (Å²) in [5.74, 6) is -0.114. The smallest absolute Gasteiger partial charge is 0.229 e. The lowest BCUT2D eigenvalue weighted by molar-refractivity contribution is -0.139. The first-order chi connectivity index (χ1) is 10.1. The van der Waals surface area contributed by atoms with Crippen LogP contribution in [0.1, 0.15) is 25.7 Å². The largest absolute Gasteiger partial charge is 0.355 e. The van der Waals surface area contributed by atoms with Crippen molar-refractivity contribution in [1.29, 1.82) is 0 Å². The second kappa shape index (κ2) is 9.07. The summed E-state index contributed by atoms with van der Waals surface area (Å²) in [4.78, 5) is 38.6. The molecule has 8 heteroatoms. The highest BCUT2D eigenvalue weighted by atomic mass is 35.5. The lowest BCUT2D eigenvalue weighted by Gasteiger charge is -2.32. The first-order valence-electron chi connectivity index (χ1n) is 7.65. The van der Waals surface area contributed by atoms with Crippen LogP contribution in [0.25, 0.3) is 0 Å². The predicted octanol–water partition coefficient (Wildman–Crippen LogP) is -0.656. The summed E-state index contributed by atoms with van der Waals surface area (Å²) < 4.78 is 0. The molecule has 0 aromatic rings. The number of carbonyl (C=O) groups excluding carboxylic acids is 3. The zero-order valence-electron chi connectivity index (χ0n) is 12.8. The summed E-state index contributed by atoms with van der Waals surface area (Å²) in [5.41, 5.74) is 5.38. The van der Waals surface area contributed by atoms with Crippen LogP contribution < -0.4 is 11.1 Å². The molecular formula is C14H25ClN4O3. The van der Waals surface area contributed by atoms with Crippen molar-refractivity contribution in [3.8, 4) is 0 Å². The molecule has 1 unspecified atom stereocenters. The van der Waals surface area contributed by atoms with Gasteiger partial charge in [0, 0.05) is 45.6 Å². The number of halogens is 1. The molecule has 3 N–H and O–H groups in total. The van der Waals surface area contributed by atoms with Crippen molar-refractivity contribution < 1.29 is 14.4 Å². The van der Waals surface area contributed by atoms with Gasteiger partial charge in [-0.15, -0.1) is 12.4 Å². The maximum Gasteiger partial charge on any atom is 0.229 e. The summed E-state index contributed by atoms with van der Waals surface area (Å²) in [7, 11) is 0. The number of hydrogen-bond acceptors (Lipinski definition) is 5. The normalized spacial score (nSPS) is 22.6. The van der Waals surface area contributed by atoms with E-state index >= 15 is 0 Å². The second-order valence-corrected chi connectivity index (χ2v) is 5.66. The molecule has 2 heterocycles. The third-order valence-electron chi connectivity index (χ3n) is 4.11. The molecule has 126 valence electrons. The van der Waals surface area contributed by atoms with Crippen LogP contribution >= 0.6 is 12.4 Å². The first kappa shape index (κ1) is 18.9. The van der Waals surface area contributed by atoms with Gasteiger partial charge in [-0.2, -0.15) is 0 Å². The molecule has 0 aromatic carbocycles. The number of nitrogens with two attached hydrogens (primary N) is 1. The van der Waals surface area contributed by atoms with E-state index in [4.69, 9.17) is 5.73 Å². The Bertz CT molecular complexity index is 403. The van der Waals surface area contributed by atoms with Gasteiger partial charge in [-0.3, -0.25) is 19.3 Å². The van der Waals surface area contributed by atoms with Crippen molar-refractivity contribution in [2.24, 2.45) is 11.7 Å². The standard InChI is InChI=1S/C14H24N4O3.ClH/c15-5-6-16-14(21)11-2-1-7-17(10-11)8-9-18-12(19)3-4-13(18)20;/h11H,1-10,15H2,(H,16,21);1H. The van der Waals surface area contributed by atoms with Gasteiger partial charge in [0.1, 0.15) is 0 Å². The summed E-state index contributed by atoms with van der Waals surface area (Å²) in [6.45, 7) is 3.64. The van der Waals surface area contributed by atoms with E-state index < -0.39 is 0 Å². The highest BCUT2D eigenvalue weighted by molar-refractivity contribution is 6.01. The number of hydrogen-bond donors (Lipinski definition) is 2. The Morgan fingerprint density at radius 1 is 1.23 bits per heavy atom. The minimum Gasteiger partial charge on any atom is -0.355 e. The number of carbonyl (C=O) groups is 3. The van der Waals surface area contributed by atoms with Crippen LogP contribution in [-0.2, 0) is 14.4 Å². The molecule has 2 fully saturated rings. The molecule has 3 amide bonds. The Hall–Kier alpha value is -1.18. The van der Waals surface area contributed by atoms with Crippen molar-refractivity contribution in [3.63, 3.8) is 0 Å². The van der Waals surface area contributed by atoms with Crippen LogP contribution in [0.4, 0.5) is 0 Å². The molecule has 0 bridgehead atoms. The van der Waals surface area contributed by atoms with Crippen LogP contribution in [0.15, 0.2) is 0 Å². The highest BCUT2D eigenvalue weighted by Gasteiger charge is 2.30. The molecule has 0 saturated carbocycles. The molecule has 2 aliphatic rings. The molecular weight excluding hydrogens is 308 g/mol. The zero-order chi connectivity index (χ0) is 15.2. The van der Waals surface area contributed by atoms with E-state index in [0.717, 1.165) is 19.4 Å². The van der Waals surface area contributed by atoms with Gasteiger partial charge < -0.3 is 16.0 Å². The van der Waals surface area contributed by atoms with Gasteiger partial charge in [0.15, 0.2) is 0 Å². The molecule has 0 aliphatic carbocycles. The number of piperidine rings is 1. The average Bonchev–Trinajstić information content (AvgIpc) is 2.82. The quantitative estimate of drug-likeness (QED) is 0.630. The van der Waals surface area contributed by atoms with Gasteiger partial charge in [-0.05, 0) is 19.4 Å². The van der Waals surface area contributed by atoms with Crippen LogP contribution in [0.5, 0.6) is 0 Å². The minimum atomic E-state index is -0.0748. The maximum absolute atomic E-state index is 12.0. The van der Waals surface area contributed by atoms with Crippen LogP contribution in [-0.4, -0.2) is 66.8 Å². The van der Waals surface area contributed by atoms with Crippen molar-refractivity contribution in [3.05, 3.63) is 0 Å². The minimum absolute atomic E-state index is 0. The fourth-order valence-corrected chi connectivity index (χ4v) is 2.93. The second-order valence-electron chi connectivity index (χ2n) is 5.66. The monoisotopic (exact) mass is 332 g/mol. The predicted molar refractivity (Wildman–Crippen MR) is 84.4 cm³/mol. The molecule has 0 spiro atoms. The van der Waals surface area contributed by atoms with E-state index in [1.54, 1.807) is 0 Å². The number of nitrogens with one attached hydrogen (secondary N) is 1. The van der Waals surface area contributed by atoms with Crippen molar-refractivity contribution in [2.45, 2.75) is 25.7 Å². The summed E-state index contributed by atoms with van der Waals surface area (Å²) in [6.07, 6.45) is 2.52. The van der Waals surface area contributed by atoms with Crippen LogP contribution in [0.3, 0.4) is 0 Å². The van der Waals surface area contributed by atoms with Crippen molar-refractivity contribution in [1.82, 2.24) is 15.1 Å². The summed E-state index contributed by atoms with van der Waals surface area (Å²) in [5, 5.41) is 2.82. The summed E-state index contributed by atoms with van der Waals surface area (Å²) >= 11 is 0. The Kier molecular flexibility index (Phi) is 7.78. The van der Waals surface area contributed by atoms with Crippen LogP contribution in [0.2, 0.25) is 0 Å². The Morgan fingerprint density at radius 2 is 1.91 bits per heavy atom. The molecule has 0 aromatic heterocycles. The number of likely N-dealkylation sites (tertiary alicyclic amines) is 2.